The fourth-order valence-corrected chi connectivity index (χ4v) is 3.24. The van der Waals surface area contributed by atoms with Crippen LogP contribution >= 0.6 is 0 Å². The highest BCUT2D eigenvalue weighted by Gasteiger charge is 2.22. The molecule has 4 rings (SSSR count). The highest BCUT2D eigenvalue weighted by atomic mass is 19.3. The molecule has 10 nitrogen and oxygen atoms in total. The van der Waals surface area contributed by atoms with Crippen molar-refractivity contribution in [1.82, 2.24) is 29.7 Å². The summed E-state index contributed by atoms with van der Waals surface area (Å²) in [5.74, 6) is -0.842. The van der Waals surface area contributed by atoms with Crippen molar-refractivity contribution in [2.45, 2.75) is 19.9 Å². The molecule has 164 valence electrons. The summed E-state index contributed by atoms with van der Waals surface area (Å²) in [7, 11) is 0. The Bertz CT molecular complexity index is 1300. The van der Waals surface area contributed by atoms with Crippen LogP contribution in [-0.2, 0) is 6.54 Å². The molecule has 1 N–H and O–H groups in total. The van der Waals surface area contributed by atoms with Gasteiger partial charge in [0.05, 0.1) is 35.3 Å². The number of hydrogen-bond donors (Lipinski definition) is 1. The predicted octanol–water partition coefficient (Wildman–Crippen LogP) is 3.18. The Morgan fingerprint density at radius 3 is 2.66 bits per heavy atom. The first-order valence-electron chi connectivity index (χ1n) is 9.54. The lowest BCUT2D eigenvalue weighted by Gasteiger charge is -2.09. The van der Waals surface area contributed by atoms with E-state index in [-0.39, 0.29) is 35.8 Å². The van der Waals surface area contributed by atoms with Crippen LogP contribution in [0.4, 0.5) is 14.6 Å². The first-order chi connectivity index (χ1) is 15.3. The lowest BCUT2D eigenvalue weighted by atomic mass is 10.1. The molecule has 32 heavy (non-hydrogen) atoms. The van der Waals surface area contributed by atoms with E-state index < -0.39 is 17.3 Å². The van der Waals surface area contributed by atoms with Gasteiger partial charge in [-0.15, -0.1) is 0 Å². The number of hydrogen-bond acceptors (Lipinski definition) is 6. The molecule has 3 heterocycles. The van der Waals surface area contributed by atoms with Crippen LogP contribution in [0.1, 0.15) is 28.2 Å². The van der Waals surface area contributed by atoms with Gasteiger partial charge in [-0.05, 0) is 17.9 Å². The van der Waals surface area contributed by atoms with E-state index in [1.165, 1.54) is 23.0 Å². The summed E-state index contributed by atoms with van der Waals surface area (Å²) in [6.45, 7) is 1.96. The third-order valence-electron chi connectivity index (χ3n) is 4.80. The van der Waals surface area contributed by atoms with Crippen LogP contribution in [0.15, 0.2) is 48.7 Å². The smallest absolute Gasteiger partial charge is 0.358 e. The molecule has 0 aliphatic carbocycles. The second kappa shape index (κ2) is 8.49. The van der Waals surface area contributed by atoms with Crippen molar-refractivity contribution >= 4 is 17.4 Å². The topological polar surface area (TPSA) is 120 Å². The number of nitrogens with zero attached hydrogens (tertiary/aromatic N) is 6. The van der Waals surface area contributed by atoms with Crippen LogP contribution in [0, 0.1) is 17.0 Å². The molecule has 1 aromatic carbocycles. The van der Waals surface area contributed by atoms with Crippen molar-refractivity contribution in [3.8, 4) is 11.3 Å². The van der Waals surface area contributed by atoms with Crippen molar-refractivity contribution in [2.24, 2.45) is 0 Å². The fourth-order valence-electron chi connectivity index (χ4n) is 3.24. The van der Waals surface area contributed by atoms with E-state index in [0.717, 1.165) is 4.52 Å². The maximum Gasteiger partial charge on any atom is 0.390 e. The van der Waals surface area contributed by atoms with Crippen LogP contribution in [0.3, 0.4) is 0 Å². The standard InChI is InChI=1S/C20H17F2N7O3/c1-12-9-17(29(31)32)26-27(12)8-7-23-20(30)14-11-24-28-16(18(21)22)10-15(25-19(14)28)13-5-3-2-4-6-13/h2-6,9-11,18H,7-8H2,1H3,(H,23,30). The molecule has 0 unspecified atom stereocenters. The van der Waals surface area contributed by atoms with Crippen LogP contribution in [0.25, 0.3) is 16.9 Å². The van der Waals surface area contributed by atoms with E-state index in [4.69, 9.17) is 0 Å². The average molecular weight is 441 g/mol. The van der Waals surface area contributed by atoms with Crippen molar-refractivity contribution < 1.29 is 18.5 Å². The van der Waals surface area contributed by atoms with Crippen LogP contribution in [-0.4, -0.2) is 41.8 Å². The summed E-state index contributed by atoms with van der Waals surface area (Å²) in [5, 5.41) is 21.2. The zero-order valence-electron chi connectivity index (χ0n) is 16.8. The number of halogens is 2. The van der Waals surface area contributed by atoms with Crippen molar-refractivity contribution in [3.05, 3.63) is 75.7 Å². The van der Waals surface area contributed by atoms with Gasteiger partial charge in [0, 0.05) is 12.1 Å². The molecule has 0 fully saturated rings. The Labute approximate surface area is 179 Å². The summed E-state index contributed by atoms with van der Waals surface area (Å²) in [5.41, 5.74) is 1.14. The van der Waals surface area contributed by atoms with Crippen LogP contribution < -0.4 is 5.32 Å². The van der Waals surface area contributed by atoms with Gasteiger partial charge in [0.25, 0.3) is 12.3 Å². The average Bonchev–Trinajstić information content (AvgIpc) is 3.37. The minimum atomic E-state index is -2.82. The Kier molecular flexibility index (Phi) is 5.58. The summed E-state index contributed by atoms with van der Waals surface area (Å²) in [4.78, 5) is 27.3. The van der Waals surface area contributed by atoms with Crippen LogP contribution in [0.2, 0.25) is 0 Å². The zero-order chi connectivity index (χ0) is 22.8. The maximum atomic E-state index is 13.6. The third kappa shape index (κ3) is 4.02. The number of amides is 1. The number of benzene rings is 1. The molecule has 12 heteroatoms. The SMILES string of the molecule is Cc1cc([N+](=O)[O-])nn1CCNC(=O)c1cnn2c(C(F)F)cc(-c3ccccc3)nc12. The van der Waals surface area contributed by atoms with Gasteiger partial charge in [0.15, 0.2) is 5.65 Å². The number of rotatable bonds is 7. The first kappa shape index (κ1) is 21.0. The zero-order valence-corrected chi connectivity index (χ0v) is 16.8. The quantitative estimate of drug-likeness (QED) is 0.347. The van der Waals surface area contributed by atoms with Gasteiger partial charge in [0.2, 0.25) is 0 Å². The molecule has 0 saturated heterocycles. The summed E-state index contributed by atoms with van der Waals surface area (Å²) < 4.78 is 29.6. The lowest BCUT2D eigenvalue weighted by molar-refractivity contribution is -0.389. The van der Waals surface area contributed by atoms with Crippen molar-refractivity contribution in [2.75, 3.05) is 6.54 Å². The summed E-state index contributed by atoms with van der Waals surface area (Å²) in [6.07, 6.45) is -1.64. The number of nitro groups is 1. The van der Waals surface area contributed by atoms with E-state index in [2.05, 4.69) is 20.5 Å². The normalized spacial score (nSPS) is 11.2. The molecule has 4 aromatic rings. The Morgan fingerprint density at radius 1 is 1.25 bits per heavy atom. The van der Waals surface area contributed by atoms with Gasteiger partial charge in [-0.2, -0.15) is 9.78 Å². The molecule has 1 amide bonds. The lowest BCUT2D eigenvalue weighted by Crippen LogP contribution is -2.27. The number of alkyl halides is 2. The molecule has 0 aliphatic rings. The second-order valence-electron chi connectivity index (χ2n) is 6.91. The molecule has 0 radical (unpaired) electrons. The molecular formula is C20H17F2N7O3. The van der Waals surface area contributed by atoms with Gasteiger partial charge >= 0.3 is 5.82 Å². The molecular weight excluding hydrogens is 424 g/mol. The van der Waals surface area contributed by atoms with Crippen LogP contribution in [0.5, 0.6) is 0 Å². The minimum Gasteiger partial charge on any atom is -0.358 e. The third-order valence-corrected chi connectivity index (χ3v) is 4.80. The predicted molar refractivity (Wildman–Crippen MR) is 109 cm³/mol. The van der Waals surface area contributed by atoms with E-state index in [0.29, 0.717) is 17.0 Å². The summed E-state index contributed by atoms with van der Waals surface area (Å²) >= 11 is 0. The van der Waals surface area contributed by atoms with Gasteiger partial charge in [-0.3, -0.25) is 4.79 Å². The molecule has 0 spiro atoms. The fraction of sp³-hybridized carbons (Fsp3) is 0.200. The number of fused-ring (bicyclic) bond motifs is 1. The van der Waals surface area contributed by atoms with Gasteiger partial charge in [0.1, 0.15) is 11.3 Å². The van der Waals surface area contributed by atoms with Crippen molar-refractivity contribution in [1.29, 1.82) is 0 Å². The molecule has 3 aromatic heterocycles. The second-order valence-corrected chi connectivity index (χ2v) is 6.91. The molecule has 0 atom stereocenters. The summed E-state index contributed by atoms with van der Waals surface area (Å²) in [6, 6.07) is 11.3. The number of aromatic nitrogens is 5. The molecule has 0 bridgehead atoms. The number of carbonyl (C=O) groups excluding carboxylic acids is 1. The first-order valence-corrected chi connectivity index (χ1v) is 9.54. The minimum absolute atomic E-state index is 0.00469. The Morgan fingerprint density at radius 2 is 2.00 bits per heavy atom. The largest absolute Gasteiger partial charge is 0.390 e. The van der Waals surface area contributed by atoms with E-state index in [1.807, 2.05) is 0 Å². The Hall–Kier alpha value is -4.22. The van der Waals surface area contributed by atoms with E-state index >= 15 is 0 Å². The van der Waals surface area contributed by atoms with Gasteiger partial charge in [-0.1, -0.05) is 30.3 Å². The van der Waals surface area contributed by atoms with Gasteiger partial charge in [-0.25, -0.2) is 18.3 Å². The highest BCUT2D eigenvalue weighted by Crippen LogP contribution is 2.26. The monoisotopic (exact) mass is 441 g/mol. The van der Waals surface area contributed by atoms with E-state index in [9.17, 15) is 23.7 Å². The number of aryl methyl sites for hydroxylation is 1. The number of nitrogens with one attached hydrogen (secondary N) is 1. The van der Waals surface area contributed by atoms with Crippen molar-refractivity contribution in [3.63, 3.8) is 0 Å². The highest BCUT2D eigenvalue weighted by molar-refractivity contribution is 5.99. The maximum absolute atomic E-state index is 13.6. The molecule has 0 saturated carbocycles. The molecule has 0 aliphatic heterocycles. The van der Waals surface area contributed by atoms with Gasteiger partial charge < -0.3 is 15.4 Å². The Balaban J connectivity index is 1.59. The van der Waals surface area contributed by atoms with E-state index in [1.54, 1.807) is 37.3 Å². The number of carbonyl (C=O) groups is 1.